The van der Waals surface area contributed by atoms with Crippen molar-refractivity contribution in [1.29, 1.82) is 0 Å². The summed E-state index contributed by atoms with van der Waals surface area (Å²) in [6, 6.07) is 0.0848. The third-order valence-corrected chi connectivity index (χ3v) is 2.27. The summed E-state index contributed by atoms with van der Waals surface area (Å²) in [7, 11) is 0. The van der Waals surface area contributed by atoms with Crippen LogP contribution in [0.2, 0.25) is 0 Å². The van der Waals surface area contributed by atoms with E-state index in [1.54, 1.807) is 0 Å². The molecular weight excluding hydrogens is 164 g/mol. The first kappa shape index (κ1) is 10.1. The Morgan fingerprint density at radius 2 is 2.08 bits per heavy atom. The Morgan fingerprint density at radius 1 is 1.38 bits per heavy atom. The Morgan fingerprint density at radius 3 is 2.69 bits per heavy atom. The normalized spacial score (nSPS) is 16.8. The zero-order chi connectivity index (χ0) is 9.52. The van der Waals surface area contributed by atoms with Gasteiger partial charge < -0.3 is 10.2 Å². The van der Waals surface area contributed by atoms with Gasteiger partial charge in [-0.2, -0.15) is 0 Å². The van der Waals surface area contributed by atoms with E-state index in [1.165, 1.54) is 6.42 Å². The number of rotatable bonds is 3. The summed E-state index contributed by atoms with van der Waals surface area (Å²) in [5.74, 6) is 0. The third kappa shape index (κ3) is 3.49. The molecule has 0 atom stereocenters. The number of likely N-dealkylation sites (tertiary alicyclic amines) is 1. The van der Waals surface area contributed by atoms with E-state index in [0.29, 0.717) is 6.54 Å². The molecule has 0 aromatic rings. The number of amides is 2. The highest BCUT2D eigenvalue weighted by atomic mass is 16.2. The lowest BCUT2D eigenvalue weighted by molar-refractivity contribution is 0.186. The lowest BCUT2D eigenvalue weighted by Crippen LogP contribution is -2.42. The molecule has 3 heteroatoms. The molecule has 1 heterocycles. The lowest BCUT2D eigenvalue weighted by atomic mass is 10.1. The summed E-state index contributed by atoms with van der Waals surface area (Å²) < 4.78 is 0. The highest BCUT2D eigenvalue weighted by Gasteiger charge is 2.14. The molecule has 0 bridgehead atoms. The van der Waals surface area contributed by atoms with Crippen molar-refractivity contribution in [1.82, 2.24) is 10.2 Å². The molecule has 1 saturated heterocycles. The van der Waals surface area contributed by atoms with E-state index in [1.807, 2.05) is 11.0 Å². The molecule has 0 aliphatic carbocycles. The van der Waals surface area contributed by atoms with Gasteiger partial charge in [0.15, 0.2) is 0 Å². The summed E-state index contributed by atoms with van der Waals surface area (Å²) in [6.45, 7) is 6.15. The third-order valence-electron chi connectivity index (χ3n) is 2.27. The van der Waals surface area contributed by atoms with Crippen LogP contribution in [0.25, 0.3) is 0 Å². The molecule has 2 amide bonds. The predicted octanol–water partition coefficient (Wildman–Crippen LogP) is 1.76. The number of carbonyl (C=O) groups excluding carboxylic acids is 1. The summed E-state index contributed by atoms with van der Waals surface area (Å²) in [4.78, 5) is 13.3. The zero-order valence-electron chi connectivity index (χ0n) is 8.09. The van der Waals surface area contributed by atoms with E-state index in [2.05, 4.69) is 11.9 Å². The monoisotopic (exact) mass is 182 g/mol. The molecule has 74 valence electrons. The van der Waals surface area contributed by atoms with Gasteiger partial charge in [0.25, 0.3) is 0 Å². The molecule has 3 nitrogen and oxygen atoms in total. The van der Waals surface area contributed by atoms with Crippen molar-refractivity contribution in [2.24, 2.45) is 0 Å². The van der Waals surface area contributed by atoms with Gasteiger partial charge in [0.2, 0.25) is 0 Å². The number of carbonyl (C=O) groups is 1. The quantitative estimate of drug-likeness (QED) is 0.523. The molecule has 0 unspecified atom stereocenters. The van der Waals surface area contributed by atoms with Crippen molar-refractivity contribution >= 4 is 6.03 Å². The van der Waals surface area contributed by atoms with E-state index in [9.17, 15) is 4.79 Å². The summed E-state index contributed by atoms with van der Waals surface area (Å²) in [6.07, 6.45) is 6.22. The number of urea groups is 1. The standard InChI is InChI=1S/C10H18N2O/c1-2-3-7-11-10(13)12-8-5-4-6-9-12/h2H,1,3-9H2,(H,11,13). The first-order valence-electron chi connectivity index (χ1n) is 4.98. The minimum atomic E-state index is 0.0848. The van der Waals surface area contributed by atoms with Gasteiger partial charge in [0, 0.05) is 19.6 Å². The van der Waals surface area contributed by atoms with Gasteiger partial charge in [0.1, 0.15) is 0 Å². The number of piperidine rings is 1. The minimum absolute atomic E-state index is 0.0848. The molecule has 1 rings (SSSR count). The Labute approximate surface area is 79.8 Å². The average Bonchev–Trinajstić information content (AvgIpc) is 2.19. The summed E-state index contributed by atoms with van der Waals surface area (Å²) in [5.41, 5.74) is 0. The summed E-state index contributed by atoms with van der Waals surface area (Å²) >= 11 is 0. The topological polar surface area (TPSA) is 32.3 Å². The highest BCUT2D eigenvalue weighted by Crippen LogP contribution is 2.08. The van der Waals surface area contributed by atoms with Crippen molar-refractivity contribution < 1.29 is 4.79 Å². The maximum Gasteiger partial charge on any atom is 0.317 e. The molecule has 1 N–H and O–H groups in total. The van der Waals surface area contributed by atoms with Gasteiger partial charge in [-0.3, -0.25) is 0 Å². The van der Waals surface area contributed by atoms with Crippen LogP contribution in [0.1, 0.15) is 25.7 Å². The first-order chi connectivity index (χ1) is 6.34. The molecule has 0 radical (unpaired) electrons. The maximum absolute atomic E-state index is 11.5. The second kappa shape index (κ2) is 5.62. The predicted molar refractivity (Wildman–Crippen MR) is 53.6 cm³/mol. The van der Waals surface area contributed by atoms with Crippen LogP contribution >= 0.6 is 0 Å². The van der Waals surface area contributed by atoms with Crippen LogP contribution in [-0.4, -0.2) is 30.6 Å². The van der Waals surface area contributed by atoms with E-state index in [0.717, 1.165) is 32.4 Å². The van der Waals surface area contributed by atoms with Gasteiger partial charge >= 0.3 is 6.03 Å². The van der Waals surface area contributed by atoms with Crippen molar-refractivity contribution in [3.05, 3.63) is 12.7 Å². The fraction of sp³-hybridized carbons (Fsp3) is 0.700. The molecule has 1 fully saturated rings. The van der Waals surface area contributed by atoms with Gasteiger partial charge in [0.05, 0.1) is 0 Å². The van der Waals surface area contributed by atoms with Gasteiger partial charge in [-0.1, -0.05) is 6.08 Å². The molecule has 1 aliphatic rings. The molecule has 0 aromatic heterocycles. The van der Waals surface area contributed by atoms with E-state index >= 15 is 0 Å². The van der Waals surface area contributed by atoms with Crippen LogP contribution in [-0.2, 0) is 0 Å². The first-order valence-corrected chi connectivity index (χ1v) is 4.98. The van der Waals surface area contributed by atoms with Crippen molar-refractivity contribution in [2.75, 3.05) is 19.6 Å². The highest BCUT2D eigenvalue weighted by molar-refractivity contribution is 5.74. The average molecular weight is 182 g/mol. The van der Waals surface area contributed by atoms with Crippen molar-refractivity contribution in [2.45, 2.75) is 25.7 Å². The number of hydrogen-bond acceptors (Lipinski definition) is 1. The van der Waals surface area contributed by atoms with E-state index in [-0.39, 0.29) is 6.03 Å². The maximum atomic E-state index is 11.5. The van der Waals surface area contributed by atoms with Crippen LogP contribution in [0.15, 0.2) is 12.7 Å². The fourth-order valence-electron chi connectivity index (χ4n) is 1.49. The Balaban J connectivity index is 2.17. The zero-order valence-corrected chi connectivity index (χ0v) is 8.09. The number of nitrogens with zero attached hydrogens (tertiary/aromatic N) is 1. The second-order valence-electron chi connectivity index (χ2n) is 3.36. The molecule has 0 spiro atoms. The van der Waals surface area contributed by atoms with Crippen LogP contribution in [0.4, 0.5) is 4.79 Å². The van der Waals surface area contributed by atoms with Crippen LogP contribution < -0.4 is 5.32 Å². The van der Waals surface area contributed by atoms with Crippen LogP contribution in [0.5, 0.6) is 0 Å². The number of nitrogens with one attached hydrogen (secondary N) is 1. The van der Waals surface area contributed by atoms with Crippen molar-refractivity contribution in [3.8, 4) is 0 Å². The van der Waals surface area contributed by atoms with Crippen LogP contribution in [0.3, 0.4) is 0 Å². The van der Waals surface area contributed by atoms with Crippen molar-refractivity contribution in [3.63, 3.8) is 0 Å². The molecule has 13 heavy (non-hydrogen) atoms. The minimum Gasteiger partial charge on any atom is -0.338 e. The molecule has 0 aromatic carbocycles. The van der Waals surface area contributed by atoms with Crippen LogP contribution in [0, 0.1) is 0 Å². The number of hydrogen-bond donors (Lipinski definition) is 1. The smallest absolute Gasteiger partial charge is 0.317 e. The fourth-order valence-corrected chi connectivity index (χ4v) is 1.49. The van der Waals surface area contributed by atoms with Gasteiger partial charge in [-0.05, 0) is 25.7 Å². The molecular formula is C10H18N2O. The van der Waals surface area contributed by atoms with Gasteiger partial charge in [-0.15, -0.1) is 6.58 Å². The Bertz CT molecular complexity index is 174. The van der Waals surface area contributed by atoms with E-state index in [4.69, 9.17) is 0 Å². The van der Waals surface area contributed by atoms with Gasteiger partial charge in [-0.25, -0.2) is 4.79 Å². The second-order valence-corrected chi connectivity index (χ2v) is 3.36. The SMILES string of the molecule is C=CCCNC(=O)N1CCCCC1. The van der Waals surface area contributed by atoms with E-state index < -0.39 is 0 Å². The molecule has 1 aliphatic heterocycles. The summed E-state index contributed by atoms with van der Waals surface area (Å²) in [5, 5.41) is 2.87. The Hall–Kier alpha value is -0.990. The Kier molecular flexibility index (Phi) is 4.36. The lowest BCUT2D eigenvalue weighted by Gasteiger charge is -2.26. The largest absolute Gasteiger partial charge is 0.338 e. The molecule has 0 saturated carbocycles.